The van der Waals surface area contributed by atoms with E-state index < -0.39 is 0 Å². The van der Waals surface area contributed by atoms with E-state index in [-0.39, 0.29) is 0 Å². The van der Waals surface area contributed by atoms with Crippen LogP contribution in [0.3, 0.4) is 0 Å². The van der Waals surface area contributed by atoms with Gasteiger partial charge in [0.1, 0.15) is 5.82 Å². The van der Waals surface area contributed by atoms with Gasteiger partial charge in [0.25, 0.3) is 0 Å². The Morgan fingerprint density at radius 2 is 1.84 bits per heavy atom. The summed E-state index contributed by atoms with van der Waals surface area (Å²) in [4.78, 5) is 8.93. The molecule has 1 aliphatic heterocycles. The first-order valence-electron chi connectivity index (χ1n) is 6.76. The number of hydrogen-bond donors (Lipinski definition) is 2. The maximum absolute atomic E-state index is 4.64. The van der Waals surface area contributed by atoms with Crippen molar-refractivity contribution in [3.05, 3.63) is 42.7 Å². The lowest BCUT2D eigenvalue weighted by atomic mass is 10.1. The number of nitrogens with one attached hydrogen (secondary N) is 2. The molecule has 19 heavy (non-hydrogen) atoms. The third kappa shape index (κ3) is 3.09. The van der Waals surface area contributed by atoms with Crippen LogP contribution in [0, 0.1) is 0 Å². The Labute approximate surface area is 113 Å². The van der Waals surface area contributed by atoms with Crippen molar-refractivity contribution in [3.63, 3.8) is 0 Å². The van der Waals surface area contributed by atoms with Gasteiger partial charge in [0.15, 0.2) is 0 Å². The summed E-state index contributed by atoms with van der Waals surface area (Å²) in [6, 6.07) is 10.7. The van der Waals surface area contributed by atoms with Crippen molar-refractivity contribution in [2.75, 3.05) is 18.4 Å². The maximum Gasteiger partial charge on any atom is 0.145 e. The fourth-order valence-electron chi connectivity index (χ4n) is 2.36. The van der Waals surface area contributed by atoms with Crippen LogP contribution in [0.25, 0.3) is 11.3 Å². The molecule has 0 bridgehead atoms. The number of nitrogens with zero attached hydrogens (tertiary/aromatic N) is 2. The first-order valence-corrected chi connectivity index (χ1v) is 6.76. The summed E-state index contributed by atoms with van der Waals surface area (Å²) < 4.78 is 0. The summed E-state index contributed by atoms with van der Waals surface area (Å²) in [5, 5.41) is 6.84. The second-order valence-electron chi connectivity index (χ2n) is 4.82. The van der Waals surface area contributed by atoms with Crippen molar-refractivity contribution in [2.24, 2.45) is 0 Å². The normalized spacial score (nSPS) is 16.2. The lowest BCUT2D eigenvalue weighted by Gasteiger charge is -2.24. The Morgan fingerprint density at radius 3 is 2.63 bits per heavy atom. The van der Waals surface area contributed by atoms with Crippen LogP contribution in [0.15, 0.2) is 42.7 Å². The highest BCUT2D eigenvalue weighted by Crippen LogP contribution is 2.18. The molecule has 2 heterocycles. The molecule has 0 aliphatic carbocycles. The molecule has 98 valence electrons. The van der Waals surface area contributed by atoms with Crippen LogP contribution in [0.2, 0.25) is 0 Å². The van der Waals surface area contributed by atoms with E-state index >= 15 is 0 Å². The molecule has 2 N–H and O–H groups in total. The van der Waals surface area contributed by atoms with Gasteiger partial charge < -0.3 is 10.6 Å². The summed E-state index contributed by atoms with van der Waals surface area (Å²) in [7, 11) is 0. The SMILES string of the molecule is c1ccc(-c2cncc(NC3CCNCC3)n2)cc1. The molecule has 2 aromatic rings. The predicted molar refractivity (Wildman–Crippen MR) is 77.0 cm³/mol. The molecule has 0 amide bonds. The molecule has 4 nitrogen and oxygen atoms in total. The topological polar surface area (TPSA) is 49.8 Å². The Morgan fingerprint density at radius 1 is 1.05 bits per heavy atom. The van der Waals surface area contributed by atoms with Crippen molar-refractivity contribution in [2.45, 2.75) is 18.9 Å². The van der Waals surface area contributed by atoms with Gasteiger partial charge in [0.2, 0.25) is 0 Å². The van der Waals surface area contributed by atoms with Crippen molar-refractivity contribution in [3.8, 4) is 11.3 Å². The Bertz CT molecular complexity index is 521. The van der Waals surface area contributed by atoms with Crippen LogP contribution in [-0.2, 0) is 0 Å². The van der Waals surface area contributed by atoms with E-state index in [0.717, 1.165) is 43.0 Å². The van der Waals surface area contributed by atoms with Crippen LogP contribution in [0.5, 0.6) is 0 Å². The zero-order valence-corrected chi connectivity index (χ0v) is 10.8. The second-order valence-corrected chi connectivity index (χ2v) is 4.82. The minimum atomic E-state index is 0.501. The quantitative estimate of drug-likeness (QED) is 0.882. The molecule has 4 heteroatoms. The fourth-order valence-corrected chi connectivity index (χ4v) is 2.36. The Kier molecular flexibility index (Phi) is 3.70. The van der Waals surface area contributed by atoms with Crippen molar-refractivity contribution >= 4 is 5.82 Å². The molecule has 0 unspecified atom stereocenters. The maximum atomic E-state index is 4.64. The summed E-state index contributed by atoms with van der Waals surface area (Å²) in [5.74, 6) is 0.869. The van der Waals surface area contributed by atoms with Gasteiger partial charge in [-0.05, 0) is 25.9 Å². The van der Waals surface area contributed by atoms with Crippen LogP contribution >= 0.6 is 0 Å². The summed E-state index contributed by atoms with van der Waals surface area (Å²) in [6.45, 7) is 2.15. The lowest BCUT2D eigenvalue weighted by Crippen LogP contribution is -2.35. The Hall–Kier alpha value is -1.94. The average Bonchev–Trinajstić information content (AvgIpc) is 2.49. The van der Waals surface area contributed by atoms with Gasteiger partial charge in [0.05, 0.1) is 18.1 Å². The third-order valence-electron chi connectivity index (χ3n) is 3.40. The molecule has 3 rings (SSSR count). The minimum Gasteiger partial charge on any atom is -0.366 e. The van der Waals surface area contributed by atoms with Gasteiger partial charge in [-0.15, -0.1) is 0 Å². The smallest absolute Gasteiger partial charge is 0.145 e. The predicted octanol–water partition coefficient (Wildman–Crippen LogP) is 2.31. The van der Waals surface area contributed by atoms with E-state index in [1.165, 1.54) is 0 Å². The van der Waals surface area contributed by atoms with Crippen molar-refractivity contribution in [1.29, 1.82) is 0 Å². The molecule has 0 atom stereocenters. The highest BCUT2D eigenvalue weighted by atomic mass is 15.1. The highest BCUT2D eigenvalue weighted by Gasteiger charge is 2.13. The first-order chi connectivity index (χ1) is 9.42. The first kappa shape index (κ1) is 12.1. The van der Waals surface area contributed by atoms with Gasteiger partial charge in [0, 0.05) is 11.6 Å². The summed E-state index contributed by atoms with van der Waals surface area (Å²) >= 11 is 0. The van der Waals surface area contributed by atoms with E-state index in [0.29, 0.717) is 6.04 Å². The Balaban J connectivity index is 1.76. The number of piperidine rings is 1. The average molecular weight is 254 g/mol. The summed E-state index contributed by atoms with van der Waals surface area (Å²) in [6.07, 6.45) is 5.88. The number of anilines is 1. The standard InChI is InChI=1S/C15H18N4/c1-2-4-12(5-3-1)14-10-17-11-15(19-14)18-13-6-8-16-9-7-13/h1-5,10-11,13,16H,6-9H2,(H,18,19). The molecule has 1 fully saturated rings. The third-order valence-corrected chi connectivity index (χ3v) is 3.40. The summed E-state index contributed by atoms with van der Waals surface area (Å²) in [5.41, 5.74) is 2.02. The molecular formula is C15H18N4. The zero-order valence-electron chi connectivity index (χ0n) is 10.8. The van der Waals surface area contributed by atoms with E-state index in [4.69, 9.17) is 0 Å². The van der Waals surface area contributed by atoms with Crippen molar-refractivity contribution < 1.29 is 0 Å². The van der Waals surface area contributed by atoms with E-state index in [9.17, 15) is 0 Å². The van der Waals surface area contributed by atoms with Crippen LogP contribution in [0.1, 0.15) is 12.8 Å². The van der Waals surface area contributed by atoms with Gasteiger partial charge in [-0.25, -0.2) is 4.98 Å². The van der Waals surface area contributed by atoms with E-state index in [2.05, 4.69) is 32.7 Å². The van der Waals surface area contributed by atoms with Crippen LogP contribution in [-0.4, -0.2) is 29.1 Å². The second kappa shape index (κ2) is 5.80. The molecule has 1 aliphatic rings. The number of benzene rings is 1. The van der Waals surface area contributed by atoms with E-state index in [1.807, 2.05) is 24.4 Å². The molecule has 1 aromatic carbocycles. The van der Waals surface area contributed by atoms with Crippen LogP contribution in [0.4, 0.5) is 5.82 Å². The number of rotatable bonds is 3. The molecule has 0 spiro atoms. The largest absolute Gasteiger partial charge is 0.366 e. The van der Waals surface area contributed by atoms with Gasteiger partial charge in [-0.2, -0.15) is 0 Å². The van der Waals surface area contributed by atoms with Gasteiger partial charge >= 0.3 is 0 Å². The van der Waals surface area contributed by atoms with E-state index in [1.54, 1.807) is 6.20 Å². The molecular weight excluding hydrogens is 236 g/mol. The zero-order chi connectivity index (χ0) is 12.9. The molecule has 0 radical (unpaired) electrons. The van der Waals surface area contributed by atoms with Crippen LogP contribution < -0.4 is 10.6 Å². The van der Waals surface area contributed by atoms with Gasteiger partial charge in [-0.1, -0.05) is 30.3 Å². The van der Waals surface area contributed by atoms with Gasteiger partial charge in [-0.3, -0.25) is 4.98 Å². The minimum absolute atomic E-state index is 0.501. The van der Waals surface area contributed by atoms with Crippen molar-refractivity contribution in [1.82, 2.24) is 15.3 Å². The molecule has 0 saturated carbocycles. The lowest BCUT2D eigenvalue weighted by molar-refractivity contribution is 0.478. The molecule has 1 saturated heterocycles. The fraction of sp³-hybridized carbons (Fsp3) is 0.333. The monoisotopic (exact) mass is 254 g/mol. The highest BCUT2D eigenvalue weighted by molar-refractivity contribution is 5.59. The number of aromatic nitrogens is 2. The molecule has 1 aromatic heterocycles. The number of hydrogen-bond acceptors (Lipinski definition) is 4.